The number of nitro groups is 1. The molecule has 0 unspecified atom stereocenters. The SMILES string of the molecule is COc1ccc(OC)c(-c2ccnc(Nc3cccc([N+](=O)[O-])c3)n2)c1. The van der Waals surface area contributed by atoms with Crippen LogP contribution in [0.4, 0.5) is 17.3 Å². The highest BCUT2D eigenvalue weighted by molar-refractivity contribution is 5.70. The Hall–Kier alpha value is -3.68. The first-order valence-electron chi connectivity index (χ1n) is 7.67. The maximum absolute atomic E-state index is 10.9. The fourth-order valence-electron chi connectivity index (χ4n) is 2.41. The van der Waals surface area contributed by atoms with Crippen molar-refractivity contribution in [3.8, 4) is 22.8 Å². The maximum atomic E-state index is 10.9. The smallest absolute Gasteiger partial charge is 0.271 e. The van der Waals surface area contributed by atoms with Crippen molar-refractivity contribution in [2.45, 2.75) is 0 Å². The van der Waals surface area contributed by atoms with Crippen LogP contribution in [0.1, 0.15) is 0 Å². The van der Waals surface area contributed by atoms with Crippen LogP contribution < -0.4 is 14.8 Å². The molecular weight excluding hydrogens is 336 g/mol. The van der Waals surface area contributed by atoms with Crippen LogP contribution in [0.2, 0.25) is 0 Å². The van der Waals surface area contributed by atoms with Gasteiger partial charge >= 0.3 is 0 Å². The van der Waals surface area contributed by atoms with Crippen molar-refractivity contribution in [1.29, 1.82) is 0 Å². The molecule has 0 aliphatic carbocycles. The van der Waals surface area contributed by atoms with Gasteiger partial charge in [0.15, 0.2) is 0 Å². The molecule has 132 valence electrons. The van der Waals surface area contributed by atoms with Gasteiger partial charge in [-0.2, -0.15) is 0 Å². The number of nitrogens with one attached hydrogen (secondary N) is 1. The summed E-state index contributed by atoms with van der Waals surface area (Å²) in [6, 6.07) is 13.3. The van der Waals surface area contributed by atoms with Gasteiger partial charge in [-0.15, -0.1) is 0 Å². The van der Waals surface area contributed by atoms with Crippen molar-refractivity contribution in [2.75, 3.05) is 19.5 Å². The van der Waals surface area contributed by atoms with Crippen molar-refractivity contribution in [3.63, 3.8) is 0 Å². The second kappa shape index (κ2) is 7.47. The van der Waals surface area contributed by atoms with Crippen LogP contribution in [0.25, 0.3) is 11.3 Å². The minimum atomic E-state index is -0.455. The van der Waals surface area contributed by atoms with Gasteiger partial charge in [-0.1, -0.05) is 6.07 Å². The second-order valence-corrected chi connectivity index (χ2v) is 5.26. The molecule has 8 nitrogen and oxygen atoms in total. The van der Waals surface area contributed by atoms with E-state index >= 15 is 0 Å². The molecule has 1 N–H and O–H groups in total. The summed E-state index contributed by atoms with van der Waals surface area (Å²) in [5, 5.41) is 13.9. The Kier molecular flexibility index (Phi) is 4.93. The quantitative estimate of drug-likeness (QED) is 0.532. The summed E-state index contributed by atoms with van der Waals surface area (Å²) in [6.07, 6.45) is 1.60. The van der Waals surface area contributed by atoms with E-state index in [1.165, 1.54) is 12.1 Å². The first kappa shape index (κ1) is 17.2. The van der Waals surface area contributed by atoms with Gasteiger partial charge in [0.2, 0.25) is 5.95 Å². The van der Waals surface area contributed by atoms with Gasteiger partial charge in [0, 0.05) is 29.6 Å². The summed E-state index contributed by atoms with van der Waals surface area (Å²) >= 11 is 0. The van der Waals surface area contributed by atoms with E-state index in [1.54, 1.807) is 50.7 Å². The number of benzene rings is 2. The second-order valence-electron chi connectivity index (χ2n) is 5.26. The number of nitrogens with zero attached hydrogens (tertiary/aromatic N) is 3. The summed E-state index contributed by atoms with van der Waals surface area (Å²) in [5.41, 5.74) is 1.88. The minimum Gasteiger partial charge on any atom is -0.497 e. The van der Waals surface area contributed by atoms with E-state index in [0.29, 0.717) is 28.8 Å². The number of anilines is 2. The molecule has 0 aliphatic heterocycles. The number of hydrogen-bond acceptors (Lipinski definition) is 7. The molecule has 3 aromatic rings. The maximum Gasteiger partial charge on any atom is 0.271 e. The van der Waals surface area contributed by atoms with Gasteiger partial charge < -0.3 is 14.8 Å². The monoisotopic (exact) mass is 352 g/mol. The molecule has 0 fully saturated rings. The number of hydrogen-bond donors (Lipinski definition) is 1. The lowest BCUT2D eigenvalue weighted by Crippen LogP contribution is -1.99. The summed E-state index contributed by atoms with van der Waals surface area (Å²) < 4.78 is 10.6. The van der Waals surface area contributed by atoms with Crippen LogP contribution in [0.5, 0.6) is 11.5 Å². The van der Waals surface area contributed by atoms with Crippen LogP contribution in [-0.4, -0.2) is 29.1 Å². The van der Waals surface area contributed by atoms with Gasteiger partial charge in [-0.05, 0) is 30.3 Å². The molecule has 26 heavy (non-hydrogen) atoms. The summed E-state index contributed by atoms with van der Waals surface area (Å²) in [5.74, 6) is 1.63. The third-order valence-electron chi connectivity index (χ3n) is 3.65. The molecule has 0 saturated heterocycles. The molecule has 1 aromatic heterocycles. The third-order valence-corrected chi connectivity index (χ3v) is 3.65. The van der Waals surface area contributed by atoms with Crippen molar-refractivity contribution in [1.82, 2.24) is 9.97 Å². The standard InChI is InChI=1S/C18H16N4O4/c1-25-14-6-7-17(26-2)15(11-14)16-8-9-19-18(21-16)20-12-4-3-5-13(10-12)22(23)24/h3-11H,1-2H3,(H,19,20,21). The lowest BCUT2D eigenvalue weighted by atomic mass is 10.1. The topological polar surface area (TPSA) is 99.4 Å². The summed E-state index contributed by atoms with van der Waals surface area (Å²) in [7, 11) is 3.16. The number of methoxy groups -OCH3 is 2. The lowest BCUT2D eigenvalue weighted by molar-refractivity contribution is -0.384. The number of rotatable bonds is 6. The average Bonchev–Trinajstić information content (AvgIpc) is 2.68. The van der Waals surface area contributed by atoms with Crippen LogP contribution in [0, 0.1) is 10.1 Å². The summed E-state index contributed by atoms with van der Waals surface area (Å²) in [6.45, 7) is 0. The van der Waals surface area contributed by atoms with E-state index in [1.807, 2.05) is 6.07 Å². The molecular formula is C18H16N4O4. The van der Waals surface area contributed by atoms with Gasteiger partial charge in [0.1, 0.15) is 11.5 Å². The van der Waals surface area contributed by atoms with Crippen LogP contribution in [0.3, 0.4) is 0 Å². The Morgan fingerprint density at radius 1 is 1.08 bits per heavy atom. The fourth-order valence-corrected chi connectivity index (χ4v) is 2.41. The largest absolute Gasteiger partial charge is 0.497 e. The molecule has 0 saturated carbocycles. The zero-order valence-corrected chi connectivity index (χ0v) is 14.2. The predicted octanol–water partition coefficient (Wildman–Crippen LogP) is 3.81. The molecule has 0 spiro atoms. The van der Waals surface area contributed by atoms with Crippen molar-refractivity contribution in [3.05, 3.63) is 64.8 Å². The Labute approximate surface area is 149 Å². The Bertz CT molecular complexity index is 946. The summed E-state index contributed by atoms with van der Waals surface area (Å²) in [4.78, 5) is 19.1. The molecule has 0 radical (unpaired) electrons. The minimum absolute atomic E-state index is 0.0133. The number of aromatic nitrogens is 2. The van der Waals surface area contributed by atoms with Gasteiger partial charge in [0.25, 0.3) is 5.69 Å². The van der Waals surface area contributed by atoms with Crippen LogP contribution in [-0.2, 0) is 0 Å². The van der Waals surface area contributed by atoms with Gasteiger partial charge in [-0.25, -0.2) is 9.97 Å². The number of ether oxygens (including phenoxy) is 2. The molecule has 8 heteroatoms. The van der Waals surface area contributed by atoms with Crippen molar-refractivity contribution < 1.29 is 14.4 Å². The normalized spacial score (nSPS) is 10.2. The zero-order valence-electron chi connectivity index (χ0n) is 14.2. The Morgan fingerprint density at radius 2 is 1.92 bits per heavy atom. The Morgan fingerprint density at radius 3 is 2.65 bits per heavy atom. The average molecular weight is 352 g/mol. The zero-order chi connectivity index (χ0) is 18.5. The van der Waals surface area contributed by atoms with E-state index in [4.69, 9.17) is 9.47 Å². The molecule has 0 atom stereocenters. The van der Waals surface area contributed by atoms with Crippen LogP contribution >= 0.6 is 0 Å². The van der Waals surface area contributed by atoms with E-state index in [-0.39, 0.29) is 5.69 Å². The number of nitro benzene ring substituents is 1. The lowest BCUT2D eigenvalue weighted by Gasteiger charge is -2.11. The predicted molar refractivity (Wildman–Crippen MR) is 97.0 cm³/mol. The molecule has 0 aliphatic rings. The molecule has 2 aromatic carbocycles. The molecule has 0 bridgehead atoms. The third kappa shape index (κ3) is 3.69. The number of non-ortho nitro benzene ring substituents is 1. The van der Waals surface area contributed by atoms with Gasteiger partial charge in [-0.3, -0.25) is 10.1 Å². The van der Waals surface area contributed by atoms with Crippen molar-refractivity contribution >= 4 is 17.3 Å². The molecule has 0 amide bonds. The van der Waals surface area contributed by atoms with E-state index < -0.39 is 4.92 Å². The van der Waals surface area contributed by atoms with Gasteiger partial charge in [0.05, 0.1) is 24.8 Å². The Balaban J connectivity index is 1.94. The molecule has 3 rings (SSSR count). The van der Waals surface area contributed by atoms with E-state index in [2.05, 4.69) is 15.3 Å². The highest BCUT2D eigenvalue weighted by atomic mass is 16.6. The fraction of sp³-hybridized carbons (Fsp3) is 0.111. The molecule has 1 heterocycles. The van der Waals surface area contributed by atoms with Crippen LogP contribution in [0.15, 0.2) is 54.7 Å². The first-order chi connectivity index (χ1) is 12.6. The highest BCUT2D eigenvalue weighted by Crippen LogP contribution is 2.32. The van der Waals surface area contributed by atoms with Crippen molar-refractivity contribution in [2.24, 2.45) is 0 Å². The van der Waals surface area contributed by atoms with E-state index in [9.17, 15) is 10.1 Å². The van der Waals surface area contributed by atoms with E-state index in [0.717, 1.165) is 5.56 Å². The highest BCUT2D eigenvalue weighted by Gasteiger charge is 2.11. The first-order valence-corrected chi connectivity index (χ1v) is 7.67.